The van der Waals surface area contributed by atoms with Gasteiger partial charge in [0.2, 0.25) is 0 Å². The van der Waals surface area contributed by atoms with Gasteiger partial charge < -0.3 is 9.47 Å². The average molecular weight is 321 g/mol. The predicted octanol–water partition coefficient (Wildman–Crippen LogP) is 1.30. The van der Waals surface area contributed by atoms with Gasteiger partial charge in [0.15, 0.2) is 0 Å². The highest BCUT2D eigenvalue weighted by atomic mass is 32.2. The molecule has 1 aromatic heterocycles. The first kappa shape index (κ1) is 17.1. The summed E-state index contributed by atoms with van der Waals surface area (Å²) in [6.07, 6.45) is -0.855. The topological polar surface area (TPSA) is 81.7 Å². The van der Waals surface area contributed by atoms with Crippen LogP contribution in [0.15, 0.2) is 16.3 Å². The fourth-order valence-electron chi connectivity index (χ4n) is 1.33. The molecule has 1 rings (SSSR count). The Labute approximate surface area is 123 Å². The van der Waals surface area contributed by atoms with E-state index in [0.717, 1.165) is 16.2 Å². The second kappa shape index (κ2) is 7.72. The van der Waals surface area contributed by atoms with Crippen LogP contribution >= 0.6 is 11.3 Å². The summed E-state index contributed by atoms with van der Waals surface area (Å²) in [6, 6.07) is 3.15. The van der Waals surface area contributed by atoms with E-state index in [-0.39, 0.29) is 10.8 Å². The van der Waals surface area contributed by atoms with Crippen molar-refractivity contribution in [2.24, 2.45) is 0 Å². The van der Waals surface area contributed by atoms with Crippen LogP contribution in [0.3, 0.4) is 0 Å². The van der Waals surface area contributed by atoms with E-state index in [9.17, 15) is 13.2 Å². The van der Waals surface area contributed by atoms with Gasteiger partial charge in [-0.25, -0.2) is 13.1 Å². The summed E-state index contributed by atoms with van der Waals surface area (Å²) in [5.74, 6) is -0.687. The number of carbonyl (C=O) groups is 1. The van der Waals surface area contributed by atoms with Crippen molar-refractivity contribution in [1.82, 2.24) is 4.72 Å². The molecular weight excluding hydrogens is 302 g/mol. The van der Waals surface area contributed by atoms with Crippen molar-refractivity contribution in [3.63, 3.8) is 0 Å². The van der Waals surface area contributed by atoms with Gasteiger partial charge >= 0.3 is 0 Å². The van der Waals surface area contributed by atoms with Gasteiger partial charge in [-0.05, 0) is 32.9 Å². The number of hydrogen-bond donors (Lipinski definition) is 1. The maximum Gasteiger partial charge on any atom is 0.273 e. The summed E-state index contributed by atoms with van der Waals surface area (Å²) < 4.78 is 36.2. The number of hydrogen-bond acceptors (Lipinski definition) is 6. The summed E-state index contributed by atoms with van der Waals surface area (Å²) in [5.41, 5.74) is 0. The maximum absolute atomic E-state index is 11.9. The molecule has 0 unspecified atom stereocenters. The third-order valence-corrected chi connectivity index (χ3v) is 5.22. The zero-order chi connectivity index (χ0) is 15.2. The summed E-state index contributed by atoms with van der Waals surface area (Å²) in [7, 11) is -3.81. The maximum atomic E-state index is 11.9. The molecule has 1 heterocycles. The van der Waals surface area contributed by atoms with E-state index in [4.69, 9.17) is 9.47 Å². The highest BCUT2D eigenvalue weighted by Crippen LogP contribution is 2.20. The van der Waals surface area contributed by atoms with Crippen LogP contribution in [0.1, 0.15) is 18.7 Å². The zero-order valence-corrected chi connectivity index (χ0v) is 13.3. The third kappa shape index (κ3) is 5.20. The Hall–Kier alpha value is -0.960. The van der Waals surface area contributed by atoms with Crippen LogP contribution in [-0.4, -0.2) is 40.2 Å². The molecule has 0 aromatic carbocycles. The van der Waals surface area contributed by atoms with Crippen molar-refractivity contribution in [3.8, 4) is 0 Å². The van der Waals surface area contributed by atoms with Gasteiger partial charge in [-0.1, -0.05) is 0 Å². The van der Waals surface area contributed by atoms with Crippen molar-refractivity contribution in [3.05, 3.63) is 17.0 Å². The van der Waals surface area contributed by atoms with Crippen LogP contribution < -0.4 is 4.72 Å². The standard InChI is InChI=1S/C12H19NO5S2/c1-4-17-7-8-18-10(3)12(14)13-20(15,16)11-6-5-9(2)19-11/h5-6,10H,4,7-8H2,1-3H3,(H,13,14)/t10-/m1/s1. The van der Waals surface area contributed by atoms with Crippen molar-refractivity contribution in [1.29, 1.82) is 0 Å². The van der Waals surface area contributed by atoms with Gasteiger partial charge in [0.05, 0.1) is 13.2 Å². The highest BCUT2D eigenvalue weighted by molar-refractivity contribution is 7.92. The number of amides is 1. The highest BCUT2D eigenvalue weighted by Gasteiger charge is 2.23. The van der Waals surface area contributed by atoms with Crippen LogP contribution in [0.4, 0.5) is 0 Å². The Morgan fingerprint density at radius 2 is 2.10 bits per heavy atom. The Balaban J connectivity index is 2.52. The van der Waals surface area contributed by atoms with E-state index in [1.165, 1.54) is 13.0 Å². The molecule has 114 valence electrons. The molecule has 1 amide bonds. The number of aryl methyl sites for hydroxylation is 1. The quantitative estimate of drug-likeness (QED) is 0.730. The number of ether oxygens (including phenoxy) is 2. The molecule has 6 nitrogen and oxygen atoms in total. The minimum Gasteiger partial charge on any atom is -0.379 e. The Morgan fingerprint density at radius 3 is 2.65 bits per heavy atom. The number of nitrogens with one attached hydrogen (secondary N) is 1. The SMILES string of the molecule is CCOCCO[C@H](C)C(=O)NS(=O)(=O)c1ccc(C)s1. The number of sulfonamides is 1. The summed E-state index contributed by atoms with van der Waals surface area (Å²) in [4.78, 5) is 12.6. The fraction of sp³-hybridized carbons (Fsp3) is 0.583. The van der Waals surface area contributed by atoms with Crippen LogP contribution in [-0.2, 0) is 24.3 Å². The normalized spacial score (nSPS) is 13.2. The number of carbonyl (C=O) groups excluding carboxylic acids is 1. The van der Waals surface area contributed by atoms with Crippen molar-refractivity contribution in [2.45, 2.75) is 31.1 Å². The Morgan fingerprint density at radius 1 is 1.40 bits per heavy atom. The lowest BCUT2D eigenvalue weighted by Crippen LogP contribution is -2.38. The summed E-state index contributed by atoms with van der Waals surface area (Å²) in [5, 5.41) is 0. The fourth-order valence-corrected chi connectivity index (χ4v) is 3.65. The van der Waals surface area contributed by atoms with E-state index in [2.05, 4.69) is 0 Å². The third-order valence-electron chi connectivity index (χ3n) is 2.38. The summed E-state index contributed by atoms with van der Waals surface area (Å²) >= 11 is 1.11. The first-order valence-electron chi connectivity index (χ1n) is 6.19. The molecule has 0 spiro atoms. The van der Waals surface area contributed by atoms with E-state index in [1.54, 1.807) is 13.0 Å². The molecule has 8 heteroatoms. The largest absolute Gasteiger partial charge is 0.379 e. The summed E-state index contributed by atoms with van der Waals surface area (Å²) in [6.45, 7) is 6.31. The lowest BCUT2D eigenvalue weighted by Gasteiger charge is -2.13. The van der Waals surface area contributed by atoms with Crippen LogP contribution in [0, 0.1) is 6.92 Å². The molecule has 0 aliphatic rings. The molecule has 0 aliphatic heterocycles. The predicted molar refractivity (Wildman–Crippen MR) is 76.3 cm³/mol. The van der Waals surface area contributed by atoms with E-state index >= 15 is 0 Å². The molecule has 1 aromatic rings. The monoisotopic (exact) mass is 321 g/mol. The van der Waals surface area contributed by atoms with Gasteiger partial charge in [0.25, 0.3) is 15.9 Å². The minimum absolute atomic E-state index is 0.116. The lowest BCUT2D eigenvalue weighted by atomic mass is 10.4. The van der Waals surface area contributed by atoms with Crippen LogP contribution in [0.25, 0.3) is 0 Å². The molecule has 20 heavy (non-hydrogen) atoms. The molecule has 1 N–H and O–H groups in total. The van der Waals surface area contributed by atoms with Crippen molar-refractivity contribution < 1.29 is 22.7 Å². The number of rotatable bonds is 8. The molecule has 0 saturated carbocycles. The molecule has 1 atom stereocenters. The molecule has 0 bridgehead atoms. The van der Waals surface area contributed by atoms with Gasteiger partial charge in [-0.2, -0.15) is 0 Å². The van der Waals surface area contributed by atoms with E-state index in [1.807, 2.05) is 11.6 Å². The first-order chi connectivity index (χ1) is 9.36. The second-order valence-corrected chi connectivity index (χ2v) is 7.24. The molecule has 0 aliphatic carbocycles. The molecule has 0 saturated heterocycles. The lowest BCUT2D eigenvalue weighted by molar-refractivity contribution is -0.130. The average Bonchev–Trinajstić information content (AvgIpc) is 2.81. The van der Waals surface area contributed by atoms with Crippen LogP contribution in [0.5, 0.6) is 0 Å². The van der Waals surface area contributed by atoms with Gasteiger partial charge in [0.1, 0.15) is 10.3 Å². The van der Waals surface area contributed by atoms with E-state index < -0.39 is 22.0 Å². The molecular formula is C12H19NO5S2. The van der Waals surface area contributed by atoms with Crippen molar-refractivity contribution >= 4 is 27.3 Å². The second-order valence-electron chi connectivity index (χ2n) is 4.04. The smallest absolute Gasteiger partial charge is 0.273 e. The Bertz CT molecular complexity index is 538. The zero-order valence-electron chi connectivity index (χ0n) is 11.7. The molecule has 0 fully saturated rings. The first-order valence-corrected chi connectivity index (χ1v) is 8.49. The Kier molecular flexibility index (Phi) is 6.60. The van der Waals surface area contributed by atoms with Gasteiger partial charge in [-0.15, -0.1) is 11.3 Å². The van der Waals surface area contributed by atoms with Crippen LogP contribution in [0.2, 0.25) is 0 Å². The molecule has 0 radical (unpaired) electrons. The number of thiophene rings is 1. The minimum atomic E-state index is -3.81. The van der Waals surface area contributed by atoms with Gasteiger partial charge in [-0.3, -0.25) is 4.79 Å². The van der Waals surface area contributed by atoms with Crippen molar-refractivity contribution in [2.75, 3.05) is 19.8 Å². The van der Waals surface area contributed by atoms with Gasteiger partial charge in [0, 0.05) is 11.5 Å². The van der Waals surface area contributed by atoms with E-state index in [0.29, 0.717) is 13.2 Å².